The van der Waals surface area contributed by atoms with Crippen LogP contribution in [0.1, 0.15) is 31.2 Å². The first-order valence-electron chi connectivity index (χ1n) is 6.70. The van der Waals surface area contributed by atoms with Crippen LogP contribution in [0.2, 0.25) is 0 Å². The van der Waals surface area contributed by atoms with Crippen molar-refractivity contribution in [2.45, 2.75) is 38.2 Å². The number of aryl methyl sites for hydroxylation is 1. The molecule has 4 heteroatoms. The van der Waals surface area contributed by atoms with E-state index in [-0.39, 0.29) is 5.60 Å². The molecule has 0 bridgehead atoms. The van der Waals surface area contributed by atoms with Gasteiger partial charge in [0, 0.05) is 23.8 Å². The lowest BCUT2D eigenvalue weighted by atomic mass is 9.99. The lowest BCUT2D eigenvalue weighted by Gasteiger charge is -2.41. The van der Waals surface area contributed by atoms with Gasteiger partial charge < -0.3 is 9.64 Å². The van der Waals surface area contributed by atoms with E-state index in [2.05, 4.69) is 38.8 Å². The molecule has 1 aromatic rings. The first kappa shape index (κ1) is 12.4. The van der Waals surface area contributed by atoms with Crippen LogP contribution in [0.4, 0.5) is 5.82 Å². The average Bonchev–Trinajstić information content (AvgIpc) is 2.81. The molecule has 1 aliphatic heterocycles. The van der Waals surface area contributed by atoms with E-state index in [1.807, 2.05) is 6.20 Å². The maximum absolute atomic E-state index is 6.05. The molecule has 3 nitrogen and oxygen atoms in total. The van der Waals surface area contributed by atoms with Crippen molar-refractivity contribution in [3.63, 3.8) is 0 Å². The fourth-order valence-electron chi connectivity index (χ4n) is 3.06. The van der Waals surface area contributed by atoms with E-state index in [4.69, 9.17) is 4.74 Å². The van der Waals surface area contributed by atoms with Gasteiger partial charge in [-0.25, -0.2) is 4.98 Å². The lowest BCUT2D eigenvalue weighted by Crippen LogP contribution is -2.50. The second kappa shape index (κ2) is 4.82. The molecule has 2 aliphatic rings. The molecule has 1 saturated carbocycles. The molecule has 3 rings (SSSR count). The topological polar surface area (TPSA) is 25.4 Å². The van der Waals surface area contributed by atoms with Crippen molar-refractivity contribution in [2.75, 3.05) is 24.6 Å². The highest BCUT2D eigenvalue weighted by molar-refractivity contribution is 9.10. The van der Waals surface area contributed by atoms with Crippen LogP contribution < -0.4 is 4.90 Å². The number of hydrogen-bond acceptors (Lipinski definition) is 3. The Balaban J connectivity index is 1.81. The Morgan fingerprint density at radius 1 is 1.39 bits per heavy atom. The molecule has 0 amide bonds. The van der Waals surface area contributed by atoms with Crippen molar-refractivity contribution < 1.29 is 4.74 Å². The number of nitrogens with zero attached hydrogens (tertiary/aromatic N) is 2. The van der Waals surface area contributed by atoms with Gasteiger partial charge in [0.1, 0.15) is 5.82 Å². The molecule has 0 unspecified atom stereocenters. The Labute approximate surface area is 117 Å². The first-order chi connectivity index (χ1) is 8.69. The third kappa shape index (κ3) is 2.28. The number of pyridine rings is 1. The molecule has 2 fully saturated rings. The normalized spacial score (nSPS) is 22.7. The van der Waals surface area contributed by atoms with Crippen LogP contribution in [0.25, 0.3) is 0 Å². The SMILES string of the molecule is Cc1cc(N2CCOC3(CCCC3)C2)ncc1Br. The van der Waals surface area contributed by atoms with Crippen LogP contribution in [0.3, 0.4) is 0 Å². The van der Waals surface area contributed by atoms with E-state index in [9.17, 15) is 0 Å². The summed E-state index contributed by atoms with van der Waals surface area (Å²) in [5.74, 6) is 1.09. The highest BCUT2D eigenvalue weighted by Crippen LogP contribution is 2.37. The Morgan fingerprint density at radius 2 is 2.17 bits per heavy atom. The van der Waals surface area contributed by atoms with Crippen LogP contribution in [-0.4, -0.2) is 30.3 Å². The third-order valence-electron chi connectivity index (χ3n) is 4.12. The molecular formula is C14H19BrN2O. The second-order valence-electron chi connectivity index (χ2n) is 5.45. The van der Waals surface area contributed by atoms with Gasteiger partial charge in [0.2, 0.25) is 0 Å². The summed E-state index contributed by atoms with van der Waals surface area (Å²) in [4.78, 5) is 6.92. The predicted molar refractivity (Wildman–Crippen MR) is 76.0 cm³/mol. The maximum atomic E-state index is 6.05. The Bertz CT molecular complexity index is 443. The number of halogens is 1. The van der Waals surface area contributed by atoms with Crippen LogP contribution in [0.15, 0.2) is 16.7 Å². The molecule has 1 saturated heterocycles. The van der Waals surface area contributed by atoms with Gasteiger partial charge in [-0.3, -0.25) is 0 Å². The summed E-state index contributed by atoms with van der Waals surface area (Å²) in [7, 11) is 0. The van der Waals surface area contributed by atoms with Crippen molar-refractivity contribution >= 4 is 21.7 Å². The number of aromatic nitrogens is 1. The third-order valence-corrected chi connectivity index (χ3v) is 4.95. The molecule has 2 heterocycles. The minimum Gasteiger partial charge on any atom is -0.371 e. The van der Waals surface area contributed by atoms with Gasteiger partial charge in [-0.05, 0) is 47.3 Å². The number of hydrogen-bond donors (Lipinski definition) is 0. The minimum absolute atomic E-state index is 0.112. The molecule has 0 aromatic carbocycles. The molecular weight excluding hydrogens is 292 g/mol. The number of anilines is 1. The quantitative estimate of drug-likeness (QED) is 0.796. The Kier molecular flexibility index (Phi) is 3.32. The lowest BCUT2D eigenvalue weighted by molar-refractivity contribution is -0.0503. The summed E-state index contributed by atoms with van der Waals surface area (Å²) < 4.78 is 7.13. The van der Waals surface area contributed by atoms with E-state index in [0.29, 0.717) is 0 Å². The zero-order valence-corrected chi connectivity index (χ0v) is 12.4. The minimum atomic E-state index is 0.112. The van der Waals surface area contributed by atoms with Gasteiger partial charge in [-0.2, -0.15) is 0 Å². The summed E-state index contributed by atoms with van der Waals surface area (Å²) in [6, 6.07) is 2.16. The van der Waals surface area contributed by atoms with Gasteiger partial charge in [-0.1, -0.05) is 12.8 Å². The van der Waals surface area contributed by atoms with Crippen LogP contribution in [-0.2, 0) is 4.74 Å². The van der Waals surface area contributed by atoms with Crippen LogP contribution >= 0.6 is 15.9 Å². The summed E-state index contributed by atoms with van der Waals surface area (Å²) in [6.07, 6.45) is 6.93. The largest absolute Gasteiger partial charge is 0.371 e. The summed E-state index contributed by atoms with van der Waals surface area (Å²) >= 11 is 3.51. The summed E-state index contributed by atoms with van der Waals surface area (Å²) in [5, 5.41) is 0. The monoisotopic (exact) mass is 310 g/mol. The molecule has 0 N–H and O–H groups in total. The van der Waals surface area contributed by atoms with Crippen LogP contribution in [0, 0.1) is 6.92 Å². The van der Waals surface area contributed by atoms with Gasteiger partial charge in [-0.15, -0.1) is 0 Å². The van der Waals surface area contributed by atoms with Crippen molar-refractivity contribution in [1.82, 2.24) is 4.98 Å². The Hall–Kier alpha value is -0.610. The van der Waals surface area contributed by atoms with Crippen molar-refractivity contribution in [2.24, 2.45) is 0 Å². The predicted octanol–water partition coefficient (Wildman–Crippen LogP) is 3.30. The molecule has 1 aliphatic carbocycles. The van der Waals surface area contributed by atoms with E-state index >= 15 is 0 Å². The number of morpholine rings is 1. The molecule has 0 radical (unpaired) electrons. The maximum Gasteiger partial charge on any atom is 0.128 e. The number of ether oxygens (including phenoxy) is 1. The zero-order chi connectivity index (χ0) is 12.6. The second-order valence-corrected chi connectivity index (χ2v) is 6.31. The smallest absolute Gasteiger partial charge is 0.128 e. The standard InChI is InChI=1S/C14H19BrN2O/c1-11-8-13(16-9-12(11)15)17-6-7-18-14(10-17)4-2-3-5-14/h8-9H,2-7,10H2,1H3. The summed E-state index contributed by atoms with van der Waals surface area (Å²) in [5.41, 5.74) is 1.35. The van der Waals surface area contributed by atoms with Gasteiger partial charge in [0.05, 0.1) is 12.2 Å². The van der Waals surface area contributed by atoms with E-state index in [1.165, 1.54) is 31.2 Å². The van der Waals surface area contributed by atoms with Crippen molar-refractivity contribution in [3.05, 3.63) is 22.3 Å². The summed E-state index contributed by atoms with van der Waals surface area (Å²) in [6.45, 7) is 4.90. The highest BCUT2D eigenvalue weighted by atomic mass is 79.9. The average molecular weight is 311 g/mol. The van der Waals surface area contributed by atoms with E-state index in [1.54, 1.807) is 0 Å². The fourth-order valence-corrected chi connectivity index (χ4v) is 3.28. The molecule has 18 heavy (non-hydrogen) atoms. The van der Waals surface area contributed by atoms with Crippen molar-refractivity contribution in [3.8, 4) is 0 Å². The Morgan fingerprint density at radius 3 is 2.89 bits per heavy atom. The van der Waals surface area contributed by atoms with Crippen LogP contribution in [0.5, 0.6) is 0 Å². The first-order valence-corrected chi connectivity index (χ1v) is 7.49. The van der Waals surface area contributed by atoms with E-state index in [0.717, 1.165) is 30.0 Å². The molecule has 98 valence electrons. The fraction of sp³-hybridized carbons (Fsp3) is 0.643. The highest BCUT2D eigenvalue weighted by Gasteiger charge is 2.39. The molecule has 0 atom stereocenters. The number of rotatable bonds is 1. The zero-order valence-electron chi connectivity index (χ0n) is 10.8. The van der Waals surface area contributed by atoms with E-state index < -0.39 is 0 Å². The molecule has 1 spiro atoms. The van der Waals surface area contributed by atoms with Crippen molar-refractivity contribution in [1.29, 1.82) is 0 Å². The molecule has 1 aromatic heterocycles. The van der Waals surface area contributed by atoms with Gasteiger partial charge in [0.25, 0.3) is 0 Å². The van der Waals surface area contributed by atoms with Gasteiger partial charge >= 0.3 is 0 Å². The van der Waals surface area contributed by atoms with Gasteiger partial charge in [0.15, 0.2) is 0 Å².